The molecule has 0 aromatic heterocycles. The molecule has 0 atom stereocenters. The molecule has 2 aromatic carbocycles. The third-order valence-corrected chi connectivity index (χ3v) is 3.86. The molecule has 0 unspecified atom stereocenters. The van der Waals surface area contributed by atoms with Gasteiger partial charge in [-0.3, -0.25) is 0 Å². The highest BCUT2D eigenvalue weighted by atomic mass is 16.5. The van der Waals surface area contributed by atoms with Gasteiger partial charge in [-0.1, -0.05) is 49.4 Å². The van der Waals surface area contributed by atoms with Crippen molar-refractivity contribution in [3.8, 4) is 5.75 Å². The fraction of sp³-hybridized carbons (Fsp3) is 0.350. The zero-order valence-electron chi connectivity index (χ0n) is 14.5. The van der Waals surface area contributed by atoms with Gasteiger partial charge in [0.2, 0.25) is 0 Å². The standard InChI is InChI=1S/C20H26N2O2/c1-3-17-10-12-19(13-11-17)24-15-14-21-20(23)22(4-2)16-18-8-6-5-7-9-18/h5-13H,3-4,14-16H2,1-2H3,(H,21,23). The number of nitrogens with zero attached hydrogens (tertiary/aromatic N) is 1. The summed E-state index contributed by atoms with van der Waals surface area (Å²) in [5, 5.41) is 2.91. The van der Waals surface area contributed by atoms with Gasteiger partial charge in [-0.05, 0) is 36.6 Å². The van der Waals surface area contributed by atoms with Crippen LogP contribution in [0.25, 0.3) is 0 Å². The Morgan fingerprint density at radius 3 is 2.33 bits per heavy atom. The van der Waals surface area contributed by atoms with Crippen molar-refractivity contribution in [2.75, 3.05) is 19.7 Å². The molecule has 128 valence electrons. The summed E-state index contributed by atoms with van der Waals surface area (Å²) in [6.07, 6.45) is 1.02. The summed E-state index contributed by atoms with van der Waals surface area (Å²) in [6.45, 7) is 6.33. The Morgan fingerprint density at radius 2 is 1.71 bits per heavy atom. The summed E-state index contributed by atoms with van der Waals surface area (Å²) >= 11 is 0. The quantitative estimate of drug-likeness (QED) is 0.749. The van der Waals surface area contributed by atoms with Gasteiger partial charge in [0, 0.05) is 13.1 Å². The van der Waals surface area contributed by atoms with Crippen LogP contribution in [0.5, 0.6) is 5.75 Å². The van der Waals surface area contributed by atoms with Gasteiger partial charge >= 0.3 is 6.03 Å². The number of carbonyl (C=O) groups is 1. The summed E-state index contributed by atoms with van der Waals surface area (Å²) in [7, 11) is 0. The van der Waals surface area contributed by atoms with Crippen molar-refractivity contribution in [2.45, 2.75) is 26.8 Å². The van der Waals surface area contributed by atoms with E-state index >= 15 is 0 Å². The molecule has 2 aromatic rings. The van der Waals surface area contributed by atoms with Crippen LogP contribution in [0.15, 0.2) is 54.6 Å². The molecule has 0 aliphatic heterocycles. The maximum Gasteiger partial charge on any atom is 0.317 e. The van der Waals surface area contributed by atoms with E-state index in [0.717, 1.165) is 17.7 Å². The van der Waals surface area contributed by atoms with E-state index in [0.29, 0.717) is 26.2 Å². The van der Waals surface area contributed by atoms with Crippen molar-refractivity contribution in [1.29, 1.82) is 0 Å². The number of benzene rings is 2. The normalized spacial score (nSPS) is 10.2. The van der Waals surface area contributed by atoms with Crippen molar-refractivity contribution < 1.29 is 9.53 Å². The largest absolute Gasteiger partial charge is 0.492 e. The lowest BCUT2D eigenvalue weighted by Crippen LogP contribution is -2.40. The minimum Gasteiger partial charge on any atom is -0.492 e. The zero-order chi connectivity index (χ0) is 17.2. The van der Waals surface area contributed by atoms with E-state index in [1.54, 1.807) is 4.90 Å². The number of aryl methyl sites for hydroxylation is 1. The Hall–Kier alpha value is -2.49. The number of hydrogen-bond acceptors (Lipinski definition) is 2. The Kier molecular flexibility index (Phi) is 7.15. The molecule has 24 heavy (non-hydrogen) atoms. The highest BCUT2D eigenvalue weighted by Gasteiger charge is 2.11. The predicted molar refractivity (Wildman–Crippen MR) is 97.2 cm³/mol. The lowest BCUT2D eigenvalue weighted by atomic mass is 10.2. The molecule has 0 radical (unpaired) electrons. The predicted octanol–water partition coefficient (Wildman–Crippen LogP) is 3.86. The molecule has 0 fully saturated rings. The van der Waals surface area contributed by atoms with Crippen molar-refractivity contribution >= 4 is 6.03 Å². The van der Waals surface area contributed by atoms with Crippen LogP contribution in [0.1, 0.15) is 25.0 Å². The Morgan fingerprint density at radius 1 is 1.00 bits per heavy atom. The highest BCUT2D eigenvalue weighted by molar-refractivity contribution is 5.74. The number of nitrogens with one attached hydrogen (secondary N) is 1. The number of ether oxygens (including phenoxy) is 1. The van der Waals surface area contributed by atoms with Crippen molar-refractivity contribution in [3.63, 3.8) is 0 Å². The maximum atomic E-state index is 12.2. The monoisotopic (exact) mass is 326 g/mol. The van der Waals surface area contributed by atoms with E-state index < -0.39 is 0 Å². The van der Waals surface area contributed by atoms with Crippen LogP contribution < -0.4 is 10.1 Å². The topological polar surface area (TPSA) is 41.6 Å². The minimum absolute atomic E-state index is 0.0636. The second-order valence-electron chi connectivity index (χ2n) is 5.58. The molecule has 0 aliphatic rings. The average molecular weight is 326 g/mol. The first-order valence-electron chi connectivity index (χ1n) is 8.51. The van der Waals surface area contributed by atoms with Crippen LogP contribution >= 0.6 is 0 Å². The molecule has 4 nitrogen and oxygen atoms in total. The third kappa shape index (κ3) is 5.61. The van der Waals surface area contributed by atoms with Crippen LogP contribution in [-0.4, -0.2) is 30.6 Å². The van der Waals surface area contributed by atoms with Gasteiger partial charge in [-0.15, -0.1) is 0 Å². The third-order valence-electron chi connectivity index (χ3n) is 3.86. The van der Waals surface area contributed by atoms with Gasteiger partial charge in [-0.25, -0.2) is 4.79 Å². The van der Waals surface area contributed by atoms with Crippen LogP contribution in [0.2, 0.25) is 0 Å². The molecule has 0 saturated carbocycles. The molecule has 4 heteroatoms. The van der Waals surface area contributed by atoms with Gasteiger partial charge in [-0.2, -0.15) is 0 Å². The van der Waals surface area contributed by atoms with E-state index in [4.69, 9.17) is 4.74 Å². The first-order chi connectivity index (χ1) is 11.7. The molecule has 0 spiro atoms. The van der Waals surface area contributed by atoms with Crippen LogP contribution in [0.4, 0.5) is 4.79 Å². The molecule has 0 saturated heterocycles. The fourth-order valence-electron chi connectivity index (χ4n) is 2.39. The summed E-state index contributed by atoms with van der Waals surface area (Å²) in [5.41, 5.74) is 2.41. The number of carbonyl (C=O) groups excluding carboxylic acids is 1. The van der Waals surface area contributed by atoms with E-state index in [1.807, 2.05) is 49.4 Å². The van der Waals surface area contributed by atoms with Crippen LogP contribution in [0, 0.1) is 0 Å². The second kappa shape index (κ2) is 9.60. The minimum atomic E-state index is -0.0636. The zero-order valence-corrected chi connectivity index (χ0v) is 14.5. The number of urea groups is 1. The maximum absolute atomic E-state index is 12.2. The number of amides is 2. The molecular formula is C20H26N2O2. The Labute approximate surface area is 144 Å². The van der Waals surface area contributed by atoms with Crippen molar-refractivity contribution in [2.24, 2.45) is 0 Å². The van der Waals surface area contributed by atoms with Crippen molar-refractivity contribution in [3.05, 3.63) is 65.7 Å². The van der Waals surface area contributed by atoms with E-state index in [-0.39, 0.29) is 6.03 Å². The van der Waals surface area contributed by atoms with Crippen LogP contribution in [-0.2, 0) is 13.0 Å². The Balaban J connectivity index is 1.72. The molecule has 1 N–H and O–H groups in total. The molecule has 2 rings (SSSR count). The van der Waals surface area contributed by atoms with E-state index in [1.165, 1.54) is 5.56 Å². The number of rotatable bonds is 8. The first-order valence-corrected chi connectivity index (χ1v) is 8.51. The van der Waals surface area contributed by atoms with Gasteiger partial charge in [0.1, 0.15) is 12.4 Å². The van der Waals surface area contributed by atoms with Gasteiger partial charge in [0.05, 0.1) is 6.54 Å². The van der Waals surface area contributed by atoms with Gasteiger partial charge in [0.25, 0.3) is 0 Å². The van der Waals surface area contributed by atoms with E-state index in [2.05, 4.69) is 24.4 Å². The SMILES string of the molecule is CCc1ccc(OCCNC(=O)N(CC)Cc2ccccc2)cc1. The Bertz CT molecular complexity index is 611. The van der Waals surface area contributed by atoms with E-state index in [9.17, 15) is 4.79 Å². The fourth-order valence-corrected chi connectivity index (χ4v) is 2.39. The second-order valence-corrected chi connectivity index (χ2v) is 5.58. The lowest BCUT2D eigenvalue weighted by Gasteiger charge is -2.21. The summed E-state index contributed by atoms with van der Waals surface area (Å²) in [5.74, 6) is 0.832. The molecule has 2 amide bonds. The highest BCUT2D eigenvalue weighted by Crippen LogP contribution is 2.12. The van der Waals surface area contributed by atoms with Crippen molar-refractivity contribution in [1.82, 2.24) is 10.2 Å². The first kappa shape index (κ1) is 17.9. The lowest BCUT2D eigenvalue weighted by molar-refractivity contribution is 0.195. The van der Waals surface area contributed by atoms with Gasteiger partial charge < -0.3 is 15.0 Å². The molecular weight excluding hydrogens is 300 g/mol. The van der Waals surface area contributed by atoms with Gasteiger partial charge in [0.15, 0.2) is 0 Å². The molecule has 0 bridgehead atoms. The molecule has 0 aliphatic carbocycles. The van der Waals surface area contributed by atoms with Crippen LogP contribution in [0.3, 0.4) is 0 Å². The molecule has 0 heterocycles. The summed E-state index contributed by atoms with van der Waals surface area (Å²) in [4.78, 5) is 14.0. The average Bonchev–Trinajstić information content (AvgIpc) is 2.64. The summed E-state index contributed by atoms with van der Waals surface area (Å²) in [6, 6.07) is 18.0. The number of hydrogen-bond donors (Lipinski definition) is 1. The smallest absolute Gasteiger partial charge is 0.317 e. The summed E-state index contributed by atoms with van der Waals surface area (Å²) < 4.78 is 5.65.